The quantitative estimate of drug-likeness (QED) is 0.696. The molecule has 1 aliphatic rings. The molecule has 12 heavy (non-hydrogen) atoms. The Morgan fingerprint density at radius 3 is 2.33 bits per heavy atom. The van der Waals surface area contributed by atoms with Gasteiger partial charge in [0.25, 0.3) is 0 Å². The monoisotopic (exact) mass is 171 g/mol. The molecular weight excluding hydrogens is 150 g/mol. The van der Waals surface area contributed by atoms with Crippen molar-refractivity contribution < 1.29 is 4.74 Å². The zero-order valence-electron chi connectivity index (χ0n) is 8.68. The van der Waals surface area contributed by atoms with E-state index in [9.17, 15) is 0 Å². The first-order chi connectivity index (χ1) is 5.75. The van der Waals surface area contributed by atoms with Gasteiger partial charge in [0.15, 0.2) is 0 Å². The van der Waals surface area contributed by atoms with Gasteiger partial charge in [-0.3, -0.25) is 0 Å². The van der Waals surface area contributed by atoms with Gasteiger partial charge in [0.05, 0.1) is 6.10 Å². The highest BCUT2D eigenvalue weighted by atomic mass is 16.5. The summed E-state index contributed by atoms with van der Waals surface area (Å²) in [4.78, 5) is 0. The second-order valence-corrected chi connectivity index (χ2v) is 3.74. The zero-order chi connectivity index (χ0) is 9.19. The molecule has 1 fully saturated rings. The largest absolute Gasteiger partial charge is 0.381 e. The fourth-order valence-corrected chi connectivity index (χ4v) is 2.68. The van der Waals surface area contributed by atoms with E-state index in [-0.39, 0.29) is 0 Å². The molecule has 2 heteroatoms. The van der Waals surface area contributed by atoms with Gasteiger partial charge in [0.2, 0.25) is 0 Å². The van der Waals surface area contributed by atoms with Gasteiger partial charge in [-0.05, 0) is 26.3 Å². The van der Waals surface area contributed by atoms with Crippen molar-refractivity contribution in [2.75, 3.05) is 14.2 Å². The maximum Gasteiger partial charge on any atom is 0.0657 e. The van der Waals surface area contributed by atoms with Crippen LogP contribution in [0.4, 0.5) is 0 Å². The summed E-state index contributed by atoms with van der Waals surface area (Å²) < 4.78 is 5.48. The summed E-state index contributed by atoms with van der Waals surface area (Å²) in [6.07, 6.45) is 4.08. The maximum absolute atomic E-state index is 5.48. The lowest BCUT2D eigenvalue weighted by molar-refractivity contribution is -0.121. The minimum Gasteiger partial charge on any atom is -0.381 e. The summed E-state index contributed by atoms with van der Waals surface area (Å²) in [6.45, 7) is 4.53. The number of nitrogens with one attached hydrogen (secondary N) is 1. The molecule has 0 aromatic carbocycles. The molecule has 0 saturated heterocycles. The summed E-state index contributed by atoms with van der Waals surface area (Å²) in [7, 11) is 3.88. The molecule has 1 N–H and O–H groups in total. The highest BCUT2D eigenvalue weighted by Crippen LogP contribution is 2.48. The van der Waals surface area contributed by atoms with Gasteiger partial charge in [0, 0.05) is 18.6 Å². The van der Waals surface area contributed by atoms with Crippen molar-refractivity contribution in [2.45, 2.75) is 45.3 Å². The molecule has 0 aromatic heterocycles. The molecule has 0 amide bonds. The van der Waals surface area contributed by atoms with Crippen LogP contribution in [0, 0.1) is 5.41 Å². The highest BCUT2D eigenvalue weighted by Gasteiger charge is 2.52. The van der Waals surface area contributed by atoms with Crippen molar-refractivity contribution in [3.05, 3.63) is 0 Å². The Morgan fingerprint density at radius 2 is 2.00 bits per heavy atom. The van der Waals surface area contributed by atoms with Gasteiger partial charge >= 0.3 is 0 Å². The average Bonchev–Trinajstić information content (AvgIpc) is 2.07. The smallest absolute Gasteiger partial charge is 0.0657 e. The Hall–Kier alpha value is -0.0800. The molecule has 1 saturated carbocycles. The van der Waals surface area contributed by atoms with Crippen LogP contribution in [-0.2, 0) is 4.74 Å². The SMILES string of the molecule is CCC1(CC)[C@@H](NC)C[C@@H]1OC. The minimum atomic E-state index is 0.406. The average molecular weight is 171 g/mol. The normalized spacial score (nSPS) is 33.0. The molecule has 2 nitrogen and oxygen atoms in total. The standard InChI is InChI=1S/C10H21NO/c1-5-10(6-2)8(11-3)7-9(10)12-4/h8-9,11H,5-7H2,1-4H3/t8-,9-/m0/s1. The topological polar surface area (TPSA) is 21.3 Å². The van der Waals surface area contributed by atoms with E-state index in [1.54, 1.807) is 0 Å². The summed E-state index contributed by atoms with van der Waals surface area (Å²) in [6, 6.07) is 0.664. The number of rotatable bonds is 4. The van der Waals surface area contributed by atoms with Crippen LogP contribution < -0.4 is 5.32 Å². The van der Waals surface area contributed by atoms with E-state index >= 15 is 0 Å². The van der Waals surface area contributed by atoms with Crippen molar-refractivity contribution in [3.8, 4) is 0 Å². The van der Waals surface area contributed by atoms with E-state index < -0.39 is 0 Å². The van der Waals surface area contributed by atoms with E-state index in [4.69, 9.17) is 4.74 Å². The van der Waals surface area contributed by atoms with Gasteiger partial charge in [0.1, 0.15) is 0 Å². The lowest BCUT2D eigenvalue weighted by Crippen LogP contribution is -2.62. The Morgan fingerprint density at radius 1 is 1.42 bits per heavy atom. The van der Waals surface area contributed by atoms with Crippen LogP contribution in [0.2, 0.25) is 0 Å². The van der Waals surface area contributed by atoms with Crippen molar-refractivity contribution in [3.63, 3.8) is 0 Å². The molecule has 0 spiro atoms. The van der Waals surface area contributed by atoms with Crippen molar-refractivity contribution >= 4 is 0 Å². The summed E-state index contributed by atoms with van der Waals surface area (Å²) in [5.74, 6) is 0. The minimum absolute atomic E-state index is 0.406. The molecule has 0 bridgehead atoms. The third-order valence-corrected chi connectivity index (χ3v) is 3.73. The van der Waals surface area contributed by atoms with E-state index in [2.05, 4.69) is 26.2 Å². The van der Waals surface area contributed by atoms with Gasteiger partial charge in [-0.1, -0.05) is 13.8 Å². The van der Waals surface area contributed by atoms with Gasteiger partial charge in [-0.25, -0.2) is 0 Å². The van der Waals surface area contributed by atoms with Crippen LogP contribution in [0.15, 0.2) is 0 Å². The van der Waals surface area contributed by atoms with Crippen LogP contribution in [-0.4, -0.2) is 26.3 Å². The van der Waals surface area contributed by atoms with Crippen LogP contribution in [0.1, 0.15) is 33.1 Å². The van der Waals surface area contributed by atoms with Crippen molar-refractivity contribution in [1.29, 1.82) is 0 Å². The molecule has 0 aromatic rings. The highest BCUT2D eigenvalue weighted by molar-refractivity contribution is 5.05. The molecule has 0 unspecified atom stereocenters. The lowest BCUT2D eigenvalue weighted by Gasteiger charge is -2.55. The molecule has 1 aliphatic carbocycles. The molecule has 72 valence electrons. The predicted molar refractivity (Wildman–Crippen MR) is 51.3 cm³/mol. The number of hydrogen-bond donors (Lipinski definition) is 1. The molecular formula is C10H21NO. The fraction of sp³-hybridized carbons (Fsp3) is 1.00. The van der Waals surface area contributed by atoms with E-state index in [0.717, 1.165) is 0 Å². The van der Waals surface area contributed by atoms with Gasteiger partial charge in [-0.15, -0.1) is 0 Å². The third-order valence-electron chi connectivity index (χ3n) is 3.73. The summed E-state index contributed by atoms with van der Waals surface area (Å²) in [5.41, 5.74) is 0.406. The van der Waals surface area contributed by atoms with Gasteiger partial charge < -0.3 is 10.1 Å². The second-order valence-electron chi connectivity index (χ2n) is 3.74. The number of methoxy groups -OCH3 is 1. The maximum atomic E-state index is 5.48. The fourth-order valence-electron chi connectivity index (χ4n) is 2.68. The van der Waals surface area contributed by atoms with E-state index in [1.807, 2.05) is 7.11 Å². The van der Waals surface area contributed by atoms with Crippen molar-refractivity contribution in [2.24, 2.45) is 5.41 Å². The van der Waals surface area contributed by atoms with E-state index in [0.29, 0.717) is 17.6 Å². The molecule has 2 atom stereocenters. The molecule has 0 radical (unpaired) electrons. The second kappa shape index (κ2) is 3.75. The molecule has 0 aliphatic heterocycles. The lowest BCUT2D eigenvalue weighted by atomic mass is 9.59. The zero-order valence-corrected chi connectivity index (χ0v) is 8.68. The predicted octanol–water partition coefficient (Wildman–Crippen LogP) is 1.80. The third kappa shape index (κ3) is 1.17. The first kappa shape index (κ1) is 10.0. The van der Waals surface area contributed by atoms with Crippen LogP contribution in [0.3, 0.4) is 0 Å². The first-order valence-corrected chi connectivity index (χ1v) is 4.95. The Balaban J connectivity index is 2.65. The van der Waals surface area contributed by atoms with Crippen molar-refractivity contribution in [1.82, 2.24) is 5.32 Å². The summed E-state index contributed by atoms with van der Waals surface area (Å²) in [5, 5.41) is 3.38. The van der Waals surface area contributed by atoms with Crippen LogP contribution in [0.5, 0.6) is 0 Å². The van der Waals surface area contributed by atoms with Crippen LogP contribution >= 0.6 is 0 Å². The molecule has 1 rings (SSSR count). The van der Waals surface area contributed by atoms with E-state index in [1.165, 1.54) is 19.3 Å². The summed E-state index contributed by atoms with van der Waals surface area (Å²) >= 11 is 0. The number of hydrogen-bond acceptors (Lipinski definition) is 2. The first-order valence-electron chi connectivity index (χ1n) is 4.95. The Bertz CT molecular complexity index is 131. The Kier molecular flexibility index (Phi) is 3.13. The van der Waals surface area contributed by atoms with Crippen LogP contribution in [0.25, 0.3) is 0 Å². The Labute approximate surface area is 75.7 Å². The molecule has 0 heterocycles. The van der Waals surface area contributed by atoms with Gasteiger partial charge in [-0.2, -0.15) is 0 Å². The number of ether oxygens (including phenoxy) is 1.